The van der Waals surface area contributed by atoms with Crippen molar-refractivity contribution in [2.24, 2.45) is 0 Å². The van der Waals surface area contributed by atoms with Gasteiger partial charge in [0.25, 0.3) is 0 Å². The zero-order valence-corrected chi connectivity index (χ0v) is 10.9. The maximum absolute atomic E-state index is 10.9. The van der Waals surface area contributed by atoms with E-state index in [1.807, 2.05) is 24.3 Å². The molecule has 1 saturated heterocycles. The summed E-state index contributed by atoms with van der Waals surface area (Å²) in [5.74, 6) is -0.745. The molecule has 1 aromatic carbocycles. The Labute approximate surface area is 113 Å². The van der Waals surface area contributed by atoms with E-state index in [1.54, 1.807) is 0 Å². The molecule has 4 nitrogen and oxygen atoms in total. The maximum Gasteiger partial charge on any atom is 0.304 e. The number of carbonyl (C=O) groups is 1. The van der Waals surface area contributed by atoms with Crippen molar-refractivity contribution in [1.82, 2.24) is 4.90 Å². The van der Waals surface area contributed by atoms with E-state index >= 15 is 0 Å². The predicted octanol–water partition coefficient (Wildman–Crippen LogP) is 2.39. The number of piperidine rings is 1. The molecule has 1 aliphatic heterocycles. The molecular formula is C15H18N2O2. The molecule has 0 radical (unpaired) electrons. The molecule has 100 valence electrons. The Morgan fingerprint density at radius 2 is 2.21 bits per heavy atom. The van der Waals surface area contributed by atoms with Gasteiger partial charge in [0, 0.05) is 12.6 Å². The third kappa shape index (κ3) is 3.55. The minimum absolute atomic E-state index is 0.0954. The number of nitriles is 1. The van der Waals surface area contributed by atoms with E-state index in [0.717, 1.165) is 31.4 Å². The molecule has 1 aliphatic rings. The highest BCUT2D eigenvalue weighted by Crippen LogP contribution is 2.23. The highest BCUT2D eigenvalue weighted by atomic mass is 16.4. The summed E-state index contributed by atoms with van der Waals surface area (Å²) in [5.41, 5.74) is 1.67. The molecule has 0 spiro atoms. The topological polar surface area (TPSA) is 64.3 Å². The second kappa shape index (κ2) is 6.35. The summed E-state index contributed by atoms with van der Waals surface area (Å²) >= 11 is 0. The van der Waals surface area contributed by atoms with Gasteiger partial charge in [-0.3, -0.25) is 9.69 Å². The van der Waals surface area contributed by atoms with Gasteiger partial charge in [-0.1, -0.05) is 24.6 Å². The quantitative estimate of drug-likeness (QED) is 0.900. The van der Waals surface area contributed by atoms with Crippen LogP contribution in [0.15, 0.2) is 24.3 Å². The number of rotatable bonds is 4. The Morgan fingerprint density at radius 1 is 1.42 bits per heavy atom. The van der Waals surface area contributed by atoms with Crippen molar-refractivity contribution < 1.29 is 9.90 Å². The standard InChI is InChI=1S/C15H18N2O2/c16-10-12-5-1-2-6-13(12)11-17-8-4-3-7-14(17)9-15(18)19/h1-2,5-6,14H,3-4,7-9,11H2,(H,18,19). The average molecular weight is 258 g/mol. The van der Waals surface area contributed by atoms with Gasteiger partial charge in [-0.15, -0.1) is 0 Å². The first-order valence-corrected chi connectivity index (χ1v) is 6.64. The molecule has 0 aromatic heterocycles. The van der Waals surface area contributed by atoms with Crippen LogP contribution in [0.4, 0.5) is 0 Å². The van der Waals surface area contributed by atoms with Crippen molar-refractivity contribution >= 4 is 5.97 Å². The lowest BCUT2D eigenvalue weighted by molar-refractivity contribution is -0.138. The van der Waals surface area contributed by atoms with E-state index in [1.165, 1.54) is 0 Å². The predicted molar refractivity (Wildman–Crippen MR) is 71.5 cm³/mol. The molecule has 1 atom stereocenters. The minimum atomic E-state index is -0.745. The summed E-state index contributed by atoms with van der Waals surface area (Å²) in [6.07, 6.45) is 3.31. The molecule has 1 N–H and O–H groups in total. The van der Waals surface area contributed by atoms with E-state index < -0.39 is 5.97 Å². The number of hydrogen-bond donors (Lipinski definition) is 1. The first-order valence-electron chi connectivity index (χ1n) is 6.64. The van der Waals surface area contributed by atoms with Crippen LogP contribution < -0.4 is 0 Å². The lowest BCUT2D eigenvalue weighted by Gasteiger charge is -2.35. The van der Waals surface area contributed by atoms with Crippen LogP contribution in [0.5, 0.6) is 0 Å². The fraction of sp³-hybridized carbons (Fsp3) is 0.467. The molecule has 1 heterocycles. The van der Waals surface area contributed by atoms with Gasteiger partial charge in [0.1, 0.15) is 0 Å². The summed E-state index contributed by atoms with van der Waals surface area (Å²) < 4.78 is 0. The Balaban J connectivity index is 2.11. The molecule has 19 heavy (non-hydrogen) atoms. The van der Waals surface area contributed by atoms with E-state index in [2.05, 4.69) is 11.0 Å². The van der Waals surface area contributed by atoms with E-state index in [9.17, 15) is 4.79 Å². The normalized spacial score (nSPS) is 19.8. The van der Waals surface area contributed by atoms with Gasteiger partial charge in [0.05, 0.1) is 18.1 Å². The Bertz CT molecular complexity index is 493. The summed E-state index contributed by atoms with van der Waals surface area (Å²) in [4.78, 5) is 13.1. The first-order chi connectivity index (χ1) is 9.20. The molecule has 0 saturated carbocycles. The molecule has 1 fully saturated rings. The fourth-order valence-electron chi connectivity index (χ4n) is 2.69. The Kier molecular flexibility index (Phi) is 4.53. The molecule has 1 unspecified atom stereocenters. The van der Waals surface area contributed by atoms with Crippen LogP contribution in [0, 0.1) is 11.3 Å². The number of aliphatic carboxylic acids is 1. The van der Waals surface area contributed by atoms with Gasteiger partial charge in [-0.25, -0.2) is 0 Å². The molecule has 0 aliphatic carbocycles. The molecule has 4 heteroatoms. The number of likely N-dealkylation sites (tertiary alicyclic amines) is 1. The van der Waals surface area contributed by atoms with Crippen LogP contribution in [0.2, 0.25) is 0 Å². The van der Waals surface area contributed by atoms with Crippen molar-refractivity contribution in [1.29, 1.82) is 5.26 Å². The van der Waals surface area contributed by atoms with Crippen molar-refractivity contribution in [3.8, 4) is 6.07 Å². The van der Waals surface area contributed by atoms with Gasteiger partial charge in [-0.2, -0.15) is 5.26 Å². The van der Waals surface area contributed by atoms with Crippen LogP contribution in [-0.4, -0.2) is 28.6 Å². The number of hydrogen-bond acceptors (Lipinski definition) is 3. The Morgan fingerprint density at radius 3 is 2.95 bits per heavy atom. The first kappa shape index (κ1) is 13.6. The lowest BCUT2D eigenvalue weighted by atomic mass is 9.97. The maximum atomic E-state index is 10.9. The van der Waals surface area contributed by atoms with Crippen LogP contribution in [0.25, 0.3) is 0 Å². The summed E-state index contributed by atoms with van der Waals surface area (Å²) in [6.45, 7) is 1.58. The molecule has 2 rings (SSSR count). The van der Waals surface area contributed by atoms with Crippen molar-refractivity contribution in [2.45, 2.75) is 38.3 Å². The largest absolute Gasteiger partial charge is 0.481 e. The van der Waals surface area contributed by atoms with Crippen molar-refractivity contribution in [3.05, 3.63) is 35.4 Å². The molecule has 1 aromatic rings. The molecular weight excluding hydrogens is 240 g/mol. The second-order valence-electron chi connectivity index (χ2n) is 4.99. The van der Waals surface area contributed by atoms with Gasteiger partial charge in [0.15, 0.2) is 0 Å². The third-order valence-electron chi connectivity index (χ3n) is 3.67. The van der Waals surface area contributed by atoms with E-state index in [0.29, 0.717) is 12.1 Å². The van der Waals surface area contributed by atoms with Gasteiger partial charge in [0.2, 0.25) is 0 Å². The zero-order chi connectivity index (χ0) is 13.7. The highest BCUT2D eigenvalue weighted by Gasteiger charge is 2.25. The van der Waals surface area contributed by atoms with E-state index in [4.69, 9.17) is 10.4 Å². The number of benzene rings is 1. The zero-order valence-electron chi connectivity index (χ0n) is 10.9. The van der Waals surface area contributed by atoms with Crippen LogP contribution in [0.1, 0.15) is 36.8 Å². The third-order valence-corrected chi connectivity index (χ3v) is 3.67. The number of carboxylic acids is 1. The summed E-state index contributed by atoms with van der Waals surface area (Å²) in [5, 5.41) is 18.1. The smallest absolute Gasteiger partial charge is 0.304 e. The second-order valence-corrected chi connectivity index (χ2v) is 4.99. The van der Waals surface area contributed by atoms with Crippen LogP contribution >= 0.6 is 0 Å². The summed E-state index contributed by atoms with van der Waals surface area (Å²) in [7, 11) is 0. The SMILES string of the molecule is N#Cc1ccccc1CN1CCCCC1CC(=O)O. The molecule has 0 bridgehead atoms. The average Bonchev–Trinajstić information content (AvgIpc) is 2.41. The van der Waals surface area contributed by atoms with Crippen molar-refractivity contribution in [2.75, 3.05) is 6.54 Å². The van der Waals surface area contributed by atoms with Gasteiger partial charge < -0.3 is 5.11 Å². The van der Waals surface area contributed by atoms with E-state index in [-0.39, 0.29) is 12.5 Å². The minimum Gasteiger partial charge on any atom is -0.481 e. The number of nitrogens with zero attached hydrogens (tertiary/aromatic N) is 2. The highest BCUT2D eigenvalue weighted by molar-refractivity contribution is 5.67. The van der Waals surface area contributed by atoms with Gasteiger partial charge >= 0.3 is 5.97 Å². The lowest BCUT2D eigenvalue weighted by Crippen LogP contribution is -2.40. The van der Waals surface area contributed by atoms with Gasteiger partial charge in [-0.05, 0) is 31.0 Å². The van der Waals surface area contributed by atoms with Crippen LogP contribution in [-0.2, 0) is 11.3 Å². The fourth-order valence-corrected chi connectivity index (χ4v) is 2.69. The summed E-state index contributed by atoms with van der Waals surface area (Å²) in [6, 6.07) is 9.83. The molecule has 0 amide bonds. The van der Waals surface area contributed by atoms with Crippen molar-refractivity contribution in [3.63, 3.8) is 0 Å². The number of carboxylic acid groups (broad SMARTS) is 1. The van der Waals surface area contributed by atoms with Crippen LogP contribution in [0.3, 0.4) is 0 Å². The monoisotopic (exact) mass is 258 g/mol. The Hall–Kier alpha value is -1.86.